The van der Waals surface area contributed by atoms with E-state index in [1.54, 1.807) is 6.92 Å². The number of amides is 1. The Labute approximate surface area is 157 Å². The summed E-state index contributed by atoms with van der Waals surface area (Å²) in [4.78, 5) is 39.6. The van der Waals surface area contributed by atoms with Gasteiger partial charge in [0.1, 0.15) is 12.7 Å². The highest BCUT2D eigenvalue weighted by molar-refractivity contribution is 8.17. The van der Waals surface area contributed by atoms with Crippen LogP contribution in [0.25, 0.3) is 0 Å². The molecule has 2 saturated heterocycles. The van der Waals surface area contributed by atoms with Crippen molar-refractivity contribution >= 4 is 41.2 Å². The third-order valence-corrected chi connectivity index (χ3v) is 7.61. The number of nitrogens with zero attached hydrogens (tertiary/aromatic N) is 4. The average Bonchev–Trinajstić information content (AvgIpc) is 3.06. The molecule has 1 amide bonds. The molecular weight excluding hydrogens is 384 g/mol. The van der Waals surface area contributed by atoms with Gasteiger partial charge in [-0.25, -0.2) is 14.3 Å². The molecule has 0 bridgehead atoms. The number of carboxylic acids is 1. The van der Waals surface area contributed by atoms with Gasteiger partial charge in [0.2, 0.25) is 5.91 Å². The number of carbonyl (C=O) groups is 2. The molecule has 1 aromatic rings. The first-order valence-electron chi connectivity index (χ1n) is 7.90. The van der Waals surface area contributed by atoms with Gasteiger partial charge in [0.05, 0.1) is 22.0 Å². The molecule has 0 radical (unpaired) electrons. The summed E-state index contributed by atoms with van der Waals surface area (Å²) in [5.74, 6) is -1.16. The van der Waals surface area contributed by atoms with Gasteiger partial charge in [-0.05, 0) is 11.8 Å². The zero-order chi connectivity index (χ0) is 19.2. The number of fused-ring (bicyclic) bond motifs is 1. The van der Waals surface area contributed by atoms with Crippen molar-refractivity contribution in [1.82, 2.24) is 14.5 Å². The molecular formula is C14H18N4O6S2. The maximum absolute atomic E-state index is 12.2. The molecule has 3 unspecified atom stereocenters. The summed E-state index contributed by atoms with van der Waals surface area (Å²) in [5.41, 5.74) is 0. The normalized spacial score (nSPS) is 28.6. The predicted octanol–water partition coefficient (Wildman–Crippen LogP) is 0.524. The van der Waals surface area contributed by atoms with Gasteiger partial charge < -0.3 is 25.2 Å². The fourth-order valence-corrected chi connectivity index (χ4v) is 6.69. The fourth-order valence-electron chi connectivity index (χ4n) is 3.25. The quantitative estimate of drug-likeness (QED) is 0.380. The number of imidazole rings is 1. The molecule has 3 rings (SSSR count). The molecule has 0 aromatic carbocycles. The van der Waals surface area contributed by atoms with Crippen molar-refractivity contribution in [2.45, 2.75) is 42.5 Å². The Bertz CT molecular complexity index is 754. The van der Waals surface area contributed by atoms with Crippen LogP contribution in [-0.4, -0.2) is 69.3 Å². The second-order valence-electron chi connectivity index (χ2n) is 6.13. The molecule has 2 aliphatic rings. The number of nitro groups is 1. The van der Waals surface area contributed by atoms with Crippen LogP contribution in [0.5, 0.6) is 0 Å². The first kappa shape index (κ1) is 19.0. The molecule has 3 heterocycles. The summed E-state index contributed by atoms with van der Waals surface area (Å²) < 4.78 is 1.08. The SMILES string of the molecule is Cc1ncc([N+](=O)[O-])n1CCSC1S[C@@H]2[C@@H](C(C)O)C(=O)N2C1C(=O)O. The maximum Gasteiger partial charge on any atom is 0.342 e. The Morgan fingerprint density at radius 2 is 2.27 bits per heavy atom. The van der Waals surface area contributed by atoms with E-state index in [4.69, 9.17) is 0 Å². The molecule has 2 aliphatic heterocycles. The van der Waals surface area contributed by atoms with Crippen molar-refractivity contribution in [2.24, 2.45) is 5.92 Å². The van der Waals surface area contributed by atoms with Crippen molar-refractivity contribution in [3.8, 4) is 0 Å². The third kappa shape index (κ3) is 3.05. The summed E-state index contributed by atoms with van der Waals surface area (Å²) in [5, 5.41) is 29.9. The largest absolute Gasteiger partial charge is 0.480 e. The van der Waals surface area contributed by atoms with E-state index in [0.29, 0.717) is 18.1 Å². The first-order chi connectivity index (χ1) is 12.2. The lowest BCUT2D eigenvalue weighted by atomic mass is 9.91. The van der Waals surface area contributed by atoms with Gasteiger partial charge in [0.15, 0.2) is 11.9 Å². The van der Waals surface area contributed by atoms with Crippen LogP contribution >= 0.6 is 23.5 Å². The van der Waals surface area contributed by atoms with Crippen molar-refractivity contribution in [3.05, 3.63) is 22.1 Å². The molecule has 12 heteroatoms. The van der Waals surface area contributed by atoms with E-state index in [1.807, 2.05) is 0 Å². The molecule has 10 nitrogen and oxygen atoms in total. The van der Waals surface area contributed by atoms with E-state index >= 15 is 0 Å². The Kier molecular flexibility index (Phi) is 5.17. The Balaban J connectivity index is 1.67. The summed E-state index contributed by atoms with van der Waals surface area (Å²) in [6.45, 7) is 3.51. The Morgan fingerprint density at radius 3 is 2.85 bits per heavy atom. The van der Waals surface area contributed by atoms with E-state index in [2.05, 4.69) is 4.98 Å². The van der Waals surface area contributed by atoms with Crippen LogP contribution in [-0.2, 0) is 16.1 Å². The highest BCUT2D eigenvalue weighted by Gasteiger charge is 2.62. The standard InChI is InChI=1S/C14H18N4O6S2/c1-6(19)9-11(20)17-10(13(21)22)14(26-12(9)17)25-4-3-16-7(2)15-5-8(16)18(23)24/h5-6,9-10,12,14,19H,3-4H2,1-2H3,(H,21,22)/t6?,9-,10?,12+,14?/m0/s1. The highest BCUT2D eigenvalue weighted by Crippen LogP contribution is 2.52. The number of aryl methyl sites for hydroxylation is 1. The molecule has 142 valence electrons. The van der Waals surface area contributed by atoms with Crippen LogP contribution in [0.4, 0.5) is 5.82 Å². The zero-order valence-electron chi connectivity index (χ0n) is 14.0. The third-order valence-electron chi connectivity index (χ3n) is 4.54. The minimum Gasteiger partial charge on any atom is -0.480 e. The smallest absolute Gasteiger partial charge is 0.342 e. The number of aliphatic hydroxyl groups excluding tert-OH is 1. The van der Waals surface area contributed by atoms with Crippen LogP contribution in [0.15, 0.2) is 6.20 Å². The zero-order valence-corrected chi connectivity index (χ0v) is 15.6. The molecule has 2 fully saturated rings. The van der Waals surface area contributed by atoms with Crippen LogP contribution in [0.2, 0.25) is 0 Å². The predicted molar refractivity (Wildman–Crippen MR) is 94.7 cm³/mol. The average molecular weight is 402 g/mol. The van der Waals surface area contributed by atoms with Crippen LogP contribution < -0.4 is 0 Å². The number of hydrogen-bond acceptors (Lipinski definition) is 8. The van der Waals surface area contributed by atoms with E-state index < -0.39 is 33.5 Å². The number of carboxylic acid groups (broad SMARTS) is 1. The number of thioether (sulfide) groups is 2. The summed E-state index contributed by atoms with van der Waals surface area (Å²) >= 11 is 2.70. The molecule has 5 atom stereocenters. The number of β-lactam (4-membered cyclic amide) rings is 1. The minimum atomic E-state index is -1.08. The Morgan fingerprint density at radius 1 is 1.58 bits per heavy atom. The number of aromatic nitrogens is 2. The van der Waals surface area contributed by atoms with Crippen molar-refractivity contribution in [2.75, 3.05) is 5.75 Å². The molecule has 0 spiro atoms. The van der Waals surface area contributed by atoms with Gasteiger partial charge in [-0.15, -0.1) is 23.5 Å². The Hall–Kier alpha value is -1.79. The number of carbonyl (C=O) groups excluding carboxylic acids is 1. The number of rotatable bonds is 7. The van der Waals surface area contributed by atoms with Gasteiger partial charge in [0, 0.05) is 12.7 Å². The van der Waals surface area contributed by atoms with Crippen LogP contribution in [0, 0.1) is 23.0 Å². The lowest BCUT2D eigenvalue weighted by Gasteiger charge is -2.44. The van der Waals surface area contributed by atoms with Crippen molar-refractivity contribution in [1.29, 1.82) is 0 Å². The van der Waals surface area contributed by atoms with Gasteiger partial charge in [-0.2, -0.15) is 0 Å². The van der Waals surface area contributed by atoms with Gasteiger partial charge in [-0.3, -0.25) is 4.79 Å². The van der Waals surface area contributed by atoms with E-state index in [-0.39, 0.29) is 17.1 Å². The van der Waals surface area contributed by atoms with Gasteiger partial charge in [0.25, 0.3) is 0 Å². The van der Waals surface area contributed by atoms with Crippen molar-refractivity contribution in [3.63, 3.8) is 0 Å². The van der Waals surface area contributed by atoms with E-state index in [9.17, 15) is 29.9 Å². The van der Waals surface area contributed by atoms with E-state index in [0.717, 1.165) is 0 Å². The summed E-state index contributed by atoms with van der Waals surface area (Å²) in [7, 11) is 0. The maximum atomic E-state index is 12.2. The highest BCUT2D eigenvalue weighted by atomic mass is 32.2. The van der Waals surface area contributed by atoms with Crippen LogP contribution in [0.1, 0.15) is 12.7 Å². The molecule has 0 saturated carbocycles. The van der Waals surface area contributed by atoms with Crippen LogP contribution in [0.3, 0.4) is 0 Å². The monoisotopic (exact) mass is 402 g/mol. The second-order valence-corrected chi connectivity index (χ2v) is 8.94. The topological polar surface area (TPSA) is 139 Å². The van der Waals surface area contributed by atoms with Gasteiger partial charge >= 0.3 is 11.8 Å². The molecule has 1 aromatic heterocycles. The lowest BCUT2D eigenvalue weighted by Crippen LogP contribution is -2.64. The number of aliphatic carboxylic acids is 1. The van der Waals surface area contributed by atoms with Gasteiger partial charge in [-0.1, -0.05) is 0 Å². The molecule has 26 heavy (non-hydrogen) atoms. The fraction of sp³-hybridized carbons (Fsp3) is 0.643. The molecule has 2 N–H and O–H groups in total. The summed E-state index contributed by atoms with van der Waals surface area (Å²) in [6.07, 6.45) is 0.369. The first-order valence-corrected chi connectivity index (χ1v) is 9.89. The van der Waals surface area contributed by atoms with Crippen molar-refractivity contribution < 1.29 is 24.7 Å². The number of aliphatic hydroxyl groups is 1. The molecule has 0 aliphatic carbocycles. The number of hydrogen-bond donors (Lipinski definition) is 2. The van der Waals surface area contributed by atoms with E-state index in [1.165, 1.54) is 46.1 Å². The summed E-state index contributed by atoms with van der Waals surface area (Å²) in [6, 6.07) is -0.962. The second kappa shape index (κ2) is 7.08. The lowest BCUT2D eigenvalue weighted by molar-refractivity contribution is -0.392. The minimum absolute atomic E-state index is 0.106.